The molecule has 1 fully saturated rings. The quantitative estimate of drug-likeness (QED) is 0.555. The summed E-state index contributed by atoms with van der Waals surface area (Å²) in [7, 11) is 0. The Morgan fingerprint density at radius 1 is 0.964 bits per heavy atom. The van der Waals surface area contributed by atoms with Gasteiger partial charge in [0.1, 0.15) is 5.82 Å². The molecule has 0 saturated carbocycles. The van der Waals surface area contributed by atoms with E-state index in [2.05, 4.69) is 0 Å². The number of anilines is 1. The number of carbonyl (C=O) groups excluding carboxylic acids is 2. The second-order valence-electron chi connectivity index (χ2n) is 6.47. The number of nitrogens with zero attached hydrogens (tertiary/aromatic N) is 2. The van der Waals surface area contributed by atoms with Gasteiger partial charge in [-0.1, -0.05) is 30.3 Å². The van der Waals surface area contributed by atoms with E-state index in [9.17, 15) is 14.0 Å². The van der Waals surface area contributed by atoms with Crippen molar-refractivity contribution < 1.29 is 14.0 Å². The number of aryl methyl sites for hydroxylation is 1. The smallest absolute Gasteiger partial charge is 0.298 e. The largest absolute Gasteiger partial charge is 0.315 e. The van der Waals surface area contributed by atoms with E-state index in [4.69, 9.17) is 0 Å². The summed E-state index contributed by atoms with van der Waals surface area (Å²) in [5.74, 6) is -0.669. The molecule has 0 bridgehead atoms. The molecule has 0 radical (unpaired) electrons. The molecule has 2 heterocycles. The van der Waals surface area contributed by atoms with Gasteiger partial charge in [0, 0.05) is 11.4 Å². The van der Waals surface area contributed by atoms with Gasteiger partial charge in [0.2, 0.25) is 0 Å². The van der Waals surface area contributed by atoms with Crippen molar-refractivity contribution >= 4 is 34.7 Å². The molecule has 140 valence electrons. The van der Waals surface area contributed by atoms with Crippen LogP contribution in [0.15, 0.2) is 65.6 Å². The van der Waals surface area contributed by atoms with Crippen molar-refractivity contribution in [3.05, 3.63) is 88.3 Å². The molecule has 1 aliphatic heterocycles. The first kappa shape index (κ1) is 18.3. The number of amides is 2. The van der Waals surface area contributed by atoms with Crippen LogP contribution in [0.4, 0.5) is 14.9 Å². The molecule has 1 aromatic heterocycles. The summed E-state index contributed by atoms with van der Waals surface area (Å²) in [5, 5.41) is -0.328. The van der Waals surface area contributed by atoms with Gasteiger partial charge in [0.05, 0.1) is 16.3 Å². The van der Waals surface area contributed by atoms with E-state index < -0.39 is 0 Å². The monoisotopic (exact) mass is 392 g/mol. The first-order valence-electron chi connectivity index (χ1n) is 8.74. The molecule has 1 aliphatic rings. The number of thioether (sulfide) groups is 1. The Morgan fingerprint density at radius 3 is 2.36 bits per heavy atom. The predicted octanol–water partition coefficient (Wildman–Crippen LogP) is 5.47. The summed E-state index contributed by atoms with van der Waals surface area (Å²) < 4.78 is 16.1. The number of hydrogen-bond acceptors (Lipinski definition) is 3. The van der Waals surface area contributed by atoms with Gasteiger partial charge >= 0.3 is 0 Å². The van der Waals surface area contributed by atoms with E-state index >= 15 is 0 Å². The zero-order valence-corrected chi connectivity index (χ0v) is 16.2. The zero-order chi connectivity index (χ0) is 19.8. The maximum absolute atomic E-state index is 14.3. The zero-order valence-electron chi connectivity index (χ0n) is 15.3. The first-order valence-corrected chi connectivity index (χ1v) is 9.56. The van der Waals surface area contributed by atoms with Crippen LogP contribution >= 0.6 is 11.8 Å². The summed E-state index contributed by atoms with van der Waals surface area (Å²) in [5.41, 5.74) is 3.42. The molecule has 0 spiro atoms. The number of hydrogen-bond donors (Lipinski definition) is 0. The highest BCUT2D eigenvalue weighted by Gasteiger charge is 2.36. The molecular formula is C22H17FN2O2S. The highest BCUT2D eigenvalue weighted by molar-refractivity contribution is 8.19. The fourth-order valence-electron chi connectivity index (χ4n) is 3.35. The van der Waals surface area contributed by atoms with Crippen LogP contribution in [0.2, 0.25) is 0 Å². The molecule has 28 heavy (non-hydrogen) atoms. The minimum Gasteiger partial charge on any atom is -0.315 e. The van der Waals surface area contributed by atoms with Gasteiger partial charge in [-0.2, -0.15) is 0 Å². The molecule has 0 atom stereocenters. The number of rotatable bonds is 3. The summed E-state index contributed by atoms with van der Waals surface area (Å²) >= 11 is 0.909. The van der Waals surface area contributed by atoms with Gasteiger partial charge in [-0.05, 0) is 67.6 Å². The standard InChI is InChI=1S/C22H17FN2O2S/c1-14-12-16(15(2)24(14)19-11-7-6-10-18(19)23)13-20-21(26)25(22(27)28-20)17-8-4-3-5-9-17/h3-13H,1-2H3. The lowest BCUT2D eigenvalue weighted by Crippen LogP contribution is -2.27. The maximum atomic E-state index is 14.3. The van der Waals surface area contributed by atoms with Crippen molar-refractivity contribution in [1.29, 1.82) is 0 Å². The van der Waals surface area contributed by atoms with Crippen molar-refractivity contribution in [3.8, 4) is 5.69 Å². The molecular weight excluding hydrogens is 375 g/mol. The Kier molecular flexibility index (Phi) is 4.65. The van der Waals surface area contributed by atoms with Crippen LogP contribution in [0.25, 0.3) is 11.8 Å². The second-order valence-corrected chi connectivity index (χ2v) is 7.46. The minimum absolute atomic E-state index is 0.319. The molecule has 4 nitrogen and oxygen atoms in total. The SMILES string of the molecule is Cc1cc(C=C2SC(=O)N(c3ccccc3)C2=O)c(C)n1-c1ccccc1F. The fourth-order valence-corrected chi connectivity index (χ4v) is 4.18. The van der Waals surface area contributed by atoms with Crippen LogP contribution in [0.3, 0.4) is 0 Å². The molecule has 1 saturated heterocycles. The Morgan fingerprint density at radius 2 is 1.64 bits per heavy atom. The first-order chi connectivity index (χ1) is 13.5. The second kappa shape index (κ2) is 7.13. The lowest BCUT2D eigenvalue weighted by molar-refractivity contribution is -0.113. The fraction of sp³-hybridized carbons (Fsp3) is 0.0909. The van der Waals surface area contributed by atoms with Crippen molar-refractivity contribution in [2.45, 2.75) is 13.8 Å². The van der Waals surface area contributed by atoms with Gasteiger partial charge in [0.15, 0.2) is 0 Å². The lowest BCUT2D eigenvalue weighted by atomic mass is 10.2. The van der Waals surface area contributed by atoms with Crippen molar-refractivity contribution in [2.24, 2.45) is 0 Å². The maximum Gasteiger partial charge on any atom is 0.298 e. The van der Waals surface area contributed by atoms with Gasteiger partial charge < -0.3 is 4.57 Å². The molecule has 0 aliphatic carbocycles. The van der Waals surface area contributed by atoms with Gasteiger partial charge in [-0.3, -0.25) is 9.59 Å². The average molecular weight is 392 g/mol. The summed E-state index contributed by atoms with van der Waals surface area (Å²) in [4.78, 5) is 26.7. The molecule has 3 aromatic rings. The molecule has 0 N–H and O–H groups in total. The molecule has 0 unspecified atom stereocenters. The Hall–Kier alpha value is -3.12. The summed E-state index contributed by atoms with van der Waals surface area (Å²) in [6.07, 6.45) is 1.70. The van der Waals surface area contributed by atoms with Crippen LogP contribution in [-0.4, -0.2) is 15.7 Å². The number of aromatic nitrogens is 1. The van der Waals surface area contributed by atoms with Gasteiger partial charge in [0.25, 0.3) is 11.1 Å². The van der Waals surface area contributed by atoms with Gasteiger partial charge in [-0.25, -0.2) is 9.29 Å². The number of carbonyl (C=O) groups is 2. The average Bonchev–Trinajstić information content (AvgIpc) is 3.12. The Labute approximate surface area is 166 Å². The predicted molar refractivity (Wildman–Crippen MR) is 110 cm³/mol. The third-order valence-electron chi connectivity index (χ3n) is 4.66. The number of imide groups is 1. The van der Waals surface area contributed by atoms with Gasteiger partial charge in [-0.15, -0.1) is 0 Å². The van der Waals surface area contributed by atoms with Crippen molar-refractivity contribution in [2.75, 3.05) is 4.90 Å². The third-order valence-corrected chi connectivity index (χ3v) is 5.53. The number of halogens is 1. The van der Waals surface area contributed by atoms with Crippen molar-refractivity contribution in [1.82, 2.24) is 4.57 Å². The highest BCUT2D eigenvalue weighted by atomic mass is 32.2. The molecule has 4 rings (SSSR count). The minimum atomic E-state index is -0.350. The highest BCUT2D eigenvalue weighted by Crippen LogP contribution is 2.36. The van der Waals surface area contributed by atoms with E-state index in [0.29, 0.717) is 16.3 Å². The van der Waals surface area contributed by atoms with Crippen LogP contribution in [-0.2, 0) is 4.79 Å². The third kappa shape index (κ3) is 3.05. The molecule has 2 amide bonds. The molecule has 6 heteroatoms. The molecule has 2 aromatic carbocycles. The number of benzene rings is 2. The Bertz CT molecular complexity index is 1120. The summed E-state index contributed by atoms with van der Waals surface area (Å²) in [6.45, 7) is 3.75. The lowest BCUT2D eigenvalue weighted by Gasteiger charge is -2.11. The van der Waals surface area contributed by atoms with E-state index in [1.54, 1.807) is 48.5 Å². The van der Waals surface area contributed by atoms with E-state index in [1.807, 2.05) is 30.5 Å². The van der Waals surface area contributed by atoms with Crippen LogP contribution < -0.4 is 4.90 Å². The van der Waals surface area contributed by atoms with Crippen LogP contribution in [0, 0.1) is 19.7 Å². The van der Waals surface area contributed by atoms with Crippen LogP contribution in [0.5, 0.6) is 0 Å². The normalized spacial score (nSPS) is 15.7. The topological polar surface area (TPSA) is 42.3 Å². The van der Waals surface area contributed by atoms with E-state index in [0.717, 1.165) is 28.7 Å². The van der Waals surface area contributed by atoms with E-state index in [-0.39, 0.29) is 17.0 Å². The number of para-hydroxylation sites is 2. The van der Waals surface area contributed by atoms with E-state index in [1.165, 1.54) is 11.0 Å². The summed E-state index contributed by atoms with van der Waals surface area (Å²) in [6, 6.07) is 17.3. The van der Waals surface area contributed by atoms with Crippen LogP contribution in [0.1, 0.15) is 17.0 Å². The van der Waals surface area contributed by atoms with Crippen molar-refractivity contribution in [3.63, 3.8) is 0 Å². The Balaban J connectivity index is 1.73.